The van der Waals surface area contributed by atoms with Crippen LogP contribution < -0.4 is 0 Å². The Labute approximate surface area is 104 Å². The standard InChI is InChI=1S/C12H24N4O/c1-3-14-6-10-16(11-7-14)12(17)15-8-4-13(2)5-9-15/h3-11H2,1-2H3. The van der Waals surface area contributed by atoms with Gasteiger partial charge in [-0.05, 0) is 13.6 Å². The van der Waals surface area contributed by atoms with Gasteiger partial charge in [-0.2, -0.15) is 0 Å². The number of carbonyl (C=O) groups excluding carboxylic acids is 1. The Morgan fingerprint density at radius 1 is 0.882 bits per heavy atom. The minimum absolute atomic E-state index is 0.244. The van der Waals surface area contributed by atoms with Crippen molar-refractivity contribution in [2.24, 2.45) is 0 Å². The largest absolute Gasteiger partial charge is 0.322 e. The van der Waals surface area contributed by atoms with Crippen molar-refractivity contribution in [1.82, 2.24) is 19.6 Å². The molecule has 2 saturated heterocycles. The monoisotopic (exact) mass is 240 g/mol. The second-order valence-corrected chi connectivity index (χ2v) is 4.99. The first-order valence-corrected chi connectivity index (χ1v) is 6.65. The minimum atomic E-state index is 0.244. The predicted molar refractivity (Wildman–Crippen MR) is 68.2 cm³/mol. The van der Waals surface area contributed by atoms with Gasteiger partial charge in [0, 0.05) is 52.4 Å². The summed E-state index contributed by atoms with van der Waals surface area (Å²) in [6, 6.07) is 0.244. The number of urea groups is 1. The van der Waals surface area contributed by atoms with E-state index in [0.717, 1.165) is 58.9 Å². The van der Waals surface area contributed by atoms with Crippen LogP contribution >= 0.6 is 0 Å². The molecule has 0 bridgehead atoms. The first-order chi connectivity index (χ1) is 8.20. The molecule has 5 heteroatoms. The summed E-state index contributed by atoms with van der Waals surface area (Å²) in [6.45, 7) is 10.9. The molecule has 0 N–H and O–H groups in total. The predicted octanol–water partition coefficient (Wildman–Crippen LogP) is -0.00870. The van der Waals surface area contributed by atoms with Crippen molar-refractivity contribution in [2.45, 2.75) is 6.92 Å². The third-order valence-corrected chi connectivity index (χ3v) is 3.86. The lowest BCUT2D eigenvalue weighted by molar-refractivity contribution is 0.0972. The van der Waals surface area contributed by atoms with E-state index in [2.05, 4.69) is 23.8 Å². The highest BCUT2D eigenvalue weighted by Crippen LogP contribution is 2.08. The molecule has 2 fully saturated rings. The van der Waals surface area contributed by atoms with Crippen LogP contribution in [0.3, 0.4) is 0 Å². The van der Waals surface area contributed by atoms with E-state index in [1.54, 1.807) is 0 Å². The van der Waals surface area contributed by atoms with Crippen molar-refractivity contribution in [3.63, 3.8) is 0 Å². The van der Waals surface area contributed by atoms with Gasteiger partial charge in [0.1, 0.15) is 0 Å². The molecule has 0 unspecified atom stereocenters. The Bertz CT molecular complexity index is 255. The molecule has 98 valence electrons. The molecular formula is C12H24N4O. The quantitative estimate of drug-likeness (QED) is 0.646. The van der Waals surface area contributed by atoms with Crippen LogP contribution in [0.15, 0.2) is 0 Å². The highest BCUT2D eigenvalue weighted by molar-refractivity contribution is 5.74. The van der Waals surface area contributed by atoms with Gasteiger partial charge in [-0.25, -0.2) is 4.79 Å². The lowest BCUT2D eigenvalue weighted by atomic mass is 10.3. The number of hydrogen-bond donors (Lipinski definition) is 0. The molecule has 0 aliphatic carbocycles. The van der Waals surface area contributed by atoms with Crippen LogP contribution in [0, 0.1) is 0 Å². The summed E-state index contributed by atoms with van der Waals surface area (Å²) in [5.41, 5.74) is 0. The molecule has 2 aliphatic heterocycles. The van der Waals surface area contributed by atoms with Crippen LogP contribution in [0.5, 0.6) is 0 Å². The van der Waals surface area contributed by atoms with Crippen molar-refractivity contribution in [2.75, 3.05) is 66.0 Å². The first-order valence-electron chi connectivity index (χ1n) is 6.65. The Kier molecular flexibility index (Phi) is 4.23. The van der Waals surface area contributed by atoms with E-state index in [9.17, 15) is 4.79 Å². The maximum absolute atomic E-state index is 12.3. The molecule has 2 amide bonds. The minimum Gasteiger partial charge on any atom is -0.322 e. The number of nitrogens with zero attached hydrogens (tertiary/aromatic N) is 4. The van der Waals surface area contributed by atoms with E-state index in [1.165, 1.54) is 0 Å². The fourth-order valence-corrected chi connectivity index (χ4v) is 2.45. The molecule has 0 aromatic rings. The van der Waals surface area contributed by atoms with Gasteiger partial charge in [-0.15, -0.1) is 0 Å². The molecule has 0 aromatic carbocycles. The Balaban J connectivity index is 1.80. The number of likely N-dealkylation sites (N-methyl/N-ethyl adjacent to an activating group) is 2. The Hall–Kier alpha value is -0.810. The number of hydrogen-bond acceptors (Lipinski definition) is 3. The number of piperazine rings is 2. The molecule has 2 aliphatic rings. The maximum atomic E-state index is 12.3. The normalized spacial score (nSPS) is 24.1. The van der Waals surface area contributed by atoms with E-state index in [1.807, 2.05) is 9.80 Å². The van der Waals surface area contributed by atoms with Crippen LogP contribution in [0.1, 0.15) is 6.92 Å². The van der Waals surface area contributed by atoms with Crippen molar-refractivity contribution < 1.29 is 4.79 Å². The molecule has 2 rings (SSSR count). The summed E-state index contributed by atoms with van der Waals surface area (Å²) in [5, 5.41) is 0. The van der Waals surface area contributed by atoms with E-state index >= 15 is 0 Å². The van der Waals surface area contributed by atoms with Gasteiger partial charge in [0.15, 0.2) is 0 Å². The Morgan fingerprint density at radius 2 is 1.35 bits per heavy atom. The molecule has 0 saturated carbocycles. The van der Waals surface area contributed by atoms with E-state index in [0.29, 0.717) is 0 Å². The van der Waals surface area contributed by atoms with E-state index in [4.69, 9.17) is 0 Å². The number of amides is 2. The van der Waals surface area contributed by atoms with E-state index in [-0.39, 0.29) is 6.03 Å². The van der Waals surface area contributed by atoms with Crippen LogP contribution in [-0.4, -0.2) is 91.6 Å². The van der Waals surface area contributed by atoms with Gasteiger partial charge >= 0.3 is 6.03 Å². The molecule has 0 aromatic heterocycles. The van der Waals surface area contributed by atoms with Gasteiger partial charge in [-0.3, -0.25) is 0 Å². The molecule has 17 heavy (non-hydrogen) atoms. The van der Waals surface area contributed by atoms with Crippen molar-refractivity contribution in [1.29, 1.82) is 0 Å². The second-order valence-electron chi connectivity index (χ2n) is 4.99. The SMILES string of the molecule is CCN1CCN(C(=O)N2CCN(C)CC2)CC1. The summed E-state index contributed by atoms with van der Waals surface area (Å²) < 4.78 is 0. The molecule has 0 atom stereocenters. The molecule has 5 nitrogen and oxygen atoms in total. The average Bonchev–Trinajstić information content (AvgIpc) is 2.39. The topological polar surface area (TPSA) is 30.0 Å². The molecule has 0 spiro atoms. The summed E-state index contributed by atoms with van der Waals surface area (Å²) in [7, 11) is 2.11. The highest BCUT2D eigenvalue weighted by atomic mass is 16.2. The number of carbonyl (C=O) groups is 1. The molecular weight excluding hydrogens is 216 g/mol. The van der Waals surface area contributed by atoms with Crippen LogP contribution in [0.25, 0.3) is 0 Å². The van der Waals surface area contributed by atoms with Crippen molar-refractivity contribution >= 4 is 6.03 Å². The fraction of sp³-hybridized carbons (Fsp3) is 0.917. The Morgan fingerprint density at radius 3 is 1.82 bits per heavy atom. The summed E-state index contributed by atoms with van der Waals surface area (Å²) in [5.74, 6) is 0. The van der Waals surface area contributed by atoms with Crippen molar-refractivity contribution in [3.8, 4) is 0 Å². The highest BCUT2D eigenvalue weighted by Gasteiger charge is 2.26. The zero-order valence-electron chi connectivity index (χ0n) is 11.1. The summed E-state index contributed by atoms with van der Waals surface area (Å²) in [4.78, 5) is 21.0. The fourth-order valence-electron chi connectivity index (χ4n) is 2.45. The summed E-state index contributed by atoms with van der Waals surface area (Å²) in [6.07, 6.45) is 0. The third-order valence-electron chi connectivity index (χ3n) is 3.86. The maximum Gasteiger partial charge on any atom is 0.320 e. The van der Waals surface area contributed by atoms with Gasteiger partial charge in [-0.1, -0.05) is 6.92 Å². The van der Waals surface area contributed by atoms with Crippen LogP contribution in [0.2, 0.25) is 0 Å². The number of rotatable bonds is 1. The lowest BCUT2D eigenvalue weighted by Gasteiger charge is -2.39. The van der Waals surface area contributed by atoms with Crippen LogP contribution in [-0.2, 0) is 0 Å². The smallest absolute Gasteiger partial charge is 0.320 e. The van der Waals surface area contributed by atoms with Crippen LogP contribution in [0.4, 0.5) is 4.79 Å². The average molecular weight is 240 g/mol. The lowest BCUT2D eigenvalue weighted by Crippen LogP contribution is -2.56. The molecule has 2 heterocycles. The zero-order chi connectivity index (χ0) is 12.3. The molecule has 0 radical (unpaired) electrons. The van der Waals surface area contributed by atoms with Gasteiger partial charge in [0.2, 0.25) is 0 Å². The van der Waals surface area contributed by atoms with Gasteiger partial charge in [0.05, 0.1) is 0 Å². The second kappa shape index (κ2) is 5.69. The van der Waals surface area contributed by atoms with Gasteiger partial charge < -0.3 is 19.6 Å². The third kappa shape index (κ3) is 3.10. The van der Waals surface area contributed by atoms with Gasteiger partial charge in [0.25, 0.3) is 0 Å². The first kappa shape index (κ1) is 12.6. The zero-order valence-corrected chi connectivity index (χ0v) is 11.1. The van der Waals surface area contributed by atoms with Crippen molar-refractivity contribution in [3.05, 3.63) is 0 Å². The summed E-state index contributed by atoms with van der Waals surface area (Å²) >= 11 is 0. The van der Waals surface area contributed by atoms with E-state index < -0.39 is 0 Å².